The van der Waals surface area contributed by atoms with Crippen molar-refractivity contribution < 1.29 is 9.59 Å². The summed E-state index contributed by atoms with van der Waals surface area (Å²) < 4.78 is 2.12. The van der Waals surface area contributed by atoms with Gasteiger partial charge in [-0.1, -0.05) is 18.2 Å². The summed E-state index contributed by atoms with van der Waals surface area (Å²) in [7, 11) is 0. The lowest BCUT2D eigenvalue weighted by molar-refractivity contribution is -0.149. The van der Waals surface area contributed by atoms with E-state index >= 15 is 0 Å². The largest absolute Gasteiger partial charge is 0.398 e. The number of halogens is 1. The summed E-state index contributed by atoms with van der Waals surface area (Å²) in [6.45, 7) is 16.2. The minimum absolute atomic E-state index is 0.0116. The quantitative estimate of drug-likeness (QED) is 0.329. The Kier molecular flexibility index (Phi) is 6.77. The summed E-state index contributed by atoms with van der Waals surface area (Å²) in [5.41, 5.74) is 11.1. The van der Waals surface area contributed by atoms with Gasteiger partial charge in [0.2, 0.25) is 11.8 Å². The van der Waals surface area contributed by atoms with Crippen LogP contribution in [0.3, 0.4) is 0 Å². The molecule has 5 rings (SSSR count). The molecular weight excluding hydrogens is 514 g/mol. The molecule has 2 atom stereocenters. The lowest BCUT2D eigenvalue weighted by atomic mass is 9.60. The molecule has 0 bridgehead atoms. The second kappa shape index (κ2) is 9.70. The van der Waals surface area contributed by atoms with E-state index < -0.39 is 0 Å². The van der Waals surface area contributed by atoms with Crippen molar-refractivity contribution in [3.63, 3.8) is 0 Å². The lowest BCUT2D eigenvalue weighted by Crippen LogP contribution is -2.63. The average Bonchev–Trinajstić information content (AvgIpc) is 3.14. The van der Waals surface area contributed by atoms with Gasteiger partial charge in [0.1, 0.15) is 0 Å². The molecule has 2 aromatic rings. The van der Waals surface area contributed by atoms with Crippen LogP contribution in [0.15, 0.2) is 18.7 Å². The minimum atomic E-state index is -0.0116. The van der Waals surface area contributed by atoms with E-state index in [1.54, 1.807) is 6.92 Å². The van der Waals surface area contributed by atoms with Gasteiger partial charge in [0.15, 0.2) is 5.82 Å². The number of nitrogens with one attached hydrogen (secondary N) is 1. The van der Waals surface area contributed by atoms with E-state index in [2.05, 4.69) is 36.9 Å². The minimum Gasteiger partial charge on any atom is -0.398 e. The number of piperazine rings is 1. The van der Waals surface area contributed by atoms with Crippen LogP contribution in [0, 0.1) is 24.7 Å². The number of hydrogen-bond acceptors (Lipinski definition) is 6. The molecule has 0 radical (unpaired) electrons. The molecule has 1 saturated carbocycles. The summed E-state index contributed by atoms with van der Waals surface area (Å²) in [5, 5.41) is 14.0. The van der Waals surface area contributed by atoms with E-state index in [1.807, 2.05) is 22.8 Å². The second-order valence-corrected chi connectivity index (χ2v) is 12.1. The fraction of sp³-hybridized carbons (Fsp3) is 0.517. The standard InChI is InChI=1S/C29H38ClN7O2/c1-7-24(39)35-14-29(15-35)9-21(10-29)37-19(5)25(26-22(11-31)23(32)8-16(2)27(26)30)28(33-37)36-17(3)12-34(20(6)38)13-18(36)4/h7-8,11,17-18,21,31H,1,9-10,12-15,32H2,2-6H3. The SMILES string of the molecule is C=CC(=O)N1CC2(CC(n3nc(N4C(C)CN(C(C)=O)CC4C)c(-c4c(Cl)c(C)cc(N)c4C=N)c3C)C2)C1. The van der Waals surface area contributed by atoms with E-state index in [0.717, 1.165) is 54.1 Å². The number of amides is 2. The molecule has 2 aliphatic heterocycles. The Hall–Kier alpha value is -3.33. The second-order valence-electron chi connectivity index (χ2n) is 11.7. The summed E-state index contributed by atoms with van der Waals surface area (Å²) in [6.07, 6.45) is 4.54. The number of carbonyl (C=O) groups is 2. The van der Waals surface area contributed by atoms with Crippen LogP contribution < -0.4 is 10.6 Å². The number of aromatic nitrogens is 2. The van der Waals surface area contributed by atoms with Gasteiger partial charge < -0.3 is 25.8 Å². The molecule has 1 aliphatic carbocycles. The lowest BCUT2D eigenvalue weighted by Gasteiger charge is -2.58. The predicted molar refractivity (Wildman–Crippen MR) is 156 cm³/mol. The van der Waals surface area contributed by atoms with Gasteiger partial charge >= 0.3 is 0 Å². The molecule has 1 aromatic heterocycles. The molecule has 10 heteroatoms. The van der Waals surface area contributed by atoms with E-state index in [-0.39, 0.29) is 35.4 Å². The van der Waals surface area contributed by atoms with Crippen molar-refractivity contribution in [2.45, 2.75) is 65.6 Å². The molecule has 1 spiro atoms. The fourth-order valence-corrected chi connectivity index (χ4v) is 7.23. The monoisotopic (exact) mass is 551 g/mol. The van der Waals surface area contributed by atoms with E-state index in [1.165, 1.54) is 12.3 Å². The van der Waals surface area contributed by atoms with Gasteiger partial charge in [-0.15, -0.1) is 0 Å². The third-order valence-corrected chi connectivity index (χ3v) is 9.36. The first kappa shape index (κ1) is 27.2. The van der Waals surface area contributed by atoms with Crippen LogP contribution in [0.25, 0.3) is 11.1 Å². The Morgan fingerprint density at radius 2 is 1.77 bits per heavy atom. The van der Waals surface area contributed by atoms with Crippen LogP contribution in [0.5, 0.6) is 0 Å². The van der Waals surface area contributed by atoms with Crippen molar-refractivity contribution in [3.8, 4) is 11.1 Å². The van der Waals surface area contributed by atoms with E-state index in [9.17, 15) is 9.59 Å². The van der Waals surface area contributed by atoms with Crippen LogP contribution in [0.2, 0.25) is 5.02 Å². The number of nitrogens with two attached hydrogens (primary N) is 1. The topological polar surface area (TPSA) is 112 Å². The summed E-state index contributed by atoms with van der Waals surface area (Å²) >= 11 is 6.96. The maximum Gasteiger partial charge on any atom is 0.245 e. The van der Waals surface area contributed by atoms with Gasteiger partial charge in [0.25, 0.3) is 0 Å². The zero-order valence-electron chi connectivity index (χ0n) is 23.4. The maximum absolute atomic E-state index is 12.2. The van der Waals surface area contributed by atoms with Crippen LogP contribution in [-0.2, 0) is 9.59 Å². The van der Waals surface area contributed by atoms with Crippen LogP contribution in [-0.4, -0.2) is 75.9 Å². The van der Waals surface area contributed by atoms with Crippen LogP contribution in [0.4, 0.5) is 11.5 Å². The summed E-state index contributed by atoms with van der Waals surface area (Å²) in [6, 6.07) is 2.07. The zero-order chi connectivity index (χ0) is 28.4. The number of nitrogen functional groups attached to an aromatic ring is 1. The third-order valence-electron chi connectivity index (χ3n) is 8.87. The Bertz CT molecular complexity index is 1360. The number of likely N-dealkylation sites (tertiary alicyclic amines) is 1. The smallest absolute Gasteiger partial charge is 0.245 e. The van der Waals surface area contributed by atoms with Gasteiger partial charge in [0, 0.05) is 84.9 Å². The number of aryl methyl sites for hydroxylation is 1. The average molecular weight is 552 g/mol. The number of carbonyl (C=O) groups excluding carboxylic acids is 2. The highest BCUT2D eigenvalue weighted by Crippen LogP contribution is 2.55. The van der Waals surface area contributed by atoms with Gasteiger partial charge in [-0.25, -0.2) is 0 Å². The van der Waals surface area contributed by atoms with Crippen molar-refractivity contribution in [1.29, 1.82) is 5.41 Å². The van der Waals surface area contributed by atoms with Gasteiger partial charge in [-0.2, -0.15) is 5.10 Å². The molecule has 9 nitrogen and oxygen atoms in total. The van der Waals surface area contributed by atoms with E-state index in [4.69, 9.17) is 27.8 Å². The third kappa shape index (κ3) is 4.31. The molecule has 2 saturated heterocycles. The Morgan fingerprint density at radius 3 is 2.31 bits per heavy atom. The maximum atomic E-state index is 12.2. The summed E-state index contributed by atoms with van der Waals surface area (Å²) in [4.78, 5) is 30.2. The number of nitrogens with zero attached hydrogens (tertiary/aromatic N) is 5. The first-order valence-corrected chi connectivity index (χ1v) is 13.9. The van der Waals surface area contributed by atoms with Gasteiger partial charge in [-0.3, -0.25) is 14.3 Å². The van der Waals surface area contributed by atoms with Crippen molar-refractivity contribution in [2.75, 3.05) is 36.8 Å². The summed E-state index contributed by atoms with van der Waals surface area (Å²) in [5.74, 6) is 0.867. The Labute approximate surface area is 235 Å². The first-order chi connectivity index (χ1) is 18.4. The fourth-order valence-electron chi connectivity index (χ4n) is 6.98. The van der Waals surface area contributed by atoms with Crippen LogP contribution in [0.1, 0.15) is 56.5 Å². The Balaban J connectivity index is 1.59. The molecule has 208 valence electrons. The highest BCUT2D eigenvalue weighted by atomic mass is 35.5. The molecule has 1 aromatic carbocycles. The van der Waals surface area contributed by atoms with Gasteiger partial charge in [0.05, 0.1) is 11.1 Å². The van der Waals surface area contributed by atoms with Crippen molar-refractivity contribution >= 4 is 41.1 Å². The number of anilines is 2. The van der Waals surface area contributed by atoms with Crippen molar-refractivity contribution in [3.05, 3.63) is 40.6 Å². The van der Waals surface area contributed by atoms with Crippen molar-refractivity contribution in [2.24, 2.45) is 5.41 Å². The number of hydrogen-bond donors (Lipinski definition) is 2. The van der Waals surface area contributed by atoms with E-state index in [0.29, 0.717) is 29.4 Å². The van der Waals surface area contributed by atoms with Crippen LogP contribution >= 0.6 is 11.6 Å². The molecule has 2 amide bonds. The zero-order valence-corrected chi connectivity index (χ0v) is 24.2. The molecule has 3 heterocycles. The molecule has 3 N–H and O–H groups in total. The van der Waals surface area contributed by atoms with Crippen molar-refractivity contribution in [1.82, 2.24) is 19.6 Å². The Morgan fingerprint density at radius 1 is 1.15 bits per heavy atom. The number of rotatable bonds is 5. The first-order valence-electron chi connectivity index (χ1n) is 13.5. The highest BCUT2D eigenvalue weighted by Gasteiger charge is 2.54. The molecule has 3 aliphatic rings. The molecular formula is C29H38ClN7O2. The molecule has 3 fully saturated rings. The highest BCUT2D eigenvalue weighted by molar-refractivity contribution is 6.35. The normalized spacial score (nSPS) is 22.5. The number of benzene rings is 1. The van der Waals surface area contributed by atoms with Gasteiger partial charge in [-0.05, 0) is 58.2 Å². The predicted octanol–water partition coefficient (Wildman–Crippen LogP) is 4.20. The molecule has 39 heavy (non-hydrogen) atoms. The molecule has 2 unspecified atom stereocenters.